The number of nitrogens with zero attached hydrogens (tertiary/aromatic N) is 1. The zero-order valence-corrected chi connectivity index (χ0v) is 10.7. The number of benzene rings is 1. The fourth-order valence-electron chi connectivity index (χ4n) is 2.19. The molecule has 1 aromatic rings. The minimum absolute atomic E-state index is 0.000207. The molecule has 0 atom stereocenters. The van der Waals surface area contributed by atoms with Gasteiger partial charge in [0.2, 0.25) is 0 Å². The molecule has 0 spiro atoms. The molecule has 1 aliphatic rings. The van der Waals surface area contributed by atoms with Gasteiger partial charge in [0.05, 0.1) is 19.8 Å². The van der Waals surface area contributed by atoms with E-state index in [0.717, 1.165) is 17.5 Å². The van der Waals surface area contributed by atoms with Crippen LogP contribution >= 0.6 is 0 Å². The van der Waals surface area contributed by atoms with E-state index >= 15 is 0 Å². The van der Waals surface area contributed by atoms with Gasteiger partial charge in [-0.2, -0.15) is 0 Å². The van der Waals surface area contributed by atoms with Crippen molar-refractivity contribution >= 4 is 5.91 Å². The monoisotopic (exact) mass is 249 g/mol. The lowest BCUT2D eigenvalue weighted by atomic mass is 10.1. The van der Waals surface area contributed by atoms with Gasteiger partial charge in [-0.25, -0.2) is 0 Å². The summed E-state index contributed by atoms with van der Waals surface area (Å²) < 4.78 is 5.34. The molecule has 4 nitrogen and oxygen atoms in total. The minimum atomic E-state index is -0.0133. The third-order valence-corrected chi connectivity index (χ3v) is 3.12. The van der Waals surface area contributed by atoms with Crippen LogP contribution < -0.4 is 0 Å². The predicted molar refractivity (Wildman–Crippen MR) is 68.2 cm³/mol. The second-order valence-corrected chi connectivity index (χ2v) is 4.49. The fourth-order valence-corrected chi connectivity index (χ4v) is 2.19. The topological polar surface area (TPSA) is 49.8 Å². The number of fused-ring (bicyclic) bond motifs is 1. The van der Waals surface area contributed by atoms with E-state index in [-0.39, 0.29) is 12.5 Å². The van der Waals surface area contributed by atoms with Crippen molar-refractivity contribution in [1.29, 1.82) is 0 Å². The van der Waals surface area contributed by atoms with Crippen LogP contribution in [0, 0.1) is 0 Å². The maximum atomic E-state index is 12.3. The molecule has 1 amide bonds. The molecule has 2 rings (SSSR count). The Hall–Kier alpha value is -1.39. The van der Waals surface area contributed by atoms with Gasteiger partial charge in [0.15, 0.2) is 0 Å². The lowest BCUT2D eigenvalue weighted by Crippen LogP contribution is -2.34. The second-order valence-electron chi connectivity index (χ2n) is 4.49. The highest BCUT2D eigenvalue weighted by Gasteiger charge is 2.18. The first-order valence-electron chi connectivity index (χ1n) is 6.36. The Morgan fingerprint density at radius 2 is 2.11 bits per heavy atom. The van der Waals surface area contributed by atoms with Crippen LogP contribution in [-0.2, 0) is 18.0 Å². The number of aliphatic hydroxyl groups excluding tert-OH is 1. The Balaban J connectivity index is 2.16. The van der Waals surface area contributed by atoms with Crippen molar-refractivity contribution in [2.45, 2.75) is 26.6 Å². The summed E-state index contributed by atoms with van der Waals surface area (Å²) in [6.07, 6.45) is 0.889. The van der Waals surface area contributed by atoms with Gasteiger partial charge in [0, 0.05) is 18.7 Å². The molecule has 0 bridgehead atoms. The van der Waals surface area contributed by atoms with E-state index in [1.807, 2.05) is 25.1 Å². The van der Waals surface area contributed by atoms with Crippen molar-refractivity contribution in [1.82, 2.24) is 4.90 Å². The third-order valence-electron chi connectivity index (χ3n) is 3.12. The molecular formula is C14H19NO3. The number of aliphatic hydroxyl groups is 1. The Morgan fingerprint density at radius 3 is 2.83 bits per heavy atom. The quantitative estimate of drug-likeness (QED) is 0.861. The van der Waals surface area contributed by atoms with E-state index in [4.69, 9.17) is 9.84 Å². The zero-order valence-electron chi connectivity index (χ0n) is 10.7. The molecule has 0 radical (unpaired) electrons. The maximum absolute atomic E-state index is 12.3. The lowest BCUT2D eigenvalue weighted by molar-refractivity contribution is 0.0722. The highest BCUT2D eigenvalue weighted by atomic mass is 16.5. The van der Waals surface area contributed by atoms with Gasteiger partial charge in [-0.1, -0.05) is 13.0 Å². The van der Waals surface area contributed by atoms with E-state index in [2.05, 4.69) is 0 Å². The van der Waals surface area contributed by atoms with Gasteiger partial charge >= 0.3 is 0 Å². The number of carbonyl (C=O) groups is 1. The van der Waals surface area contributed by atoms with Crippen LogP contribution in [0.3, 0.4) is 0 Å². The van der Waals surface area contributed by atoms with Crippen molar-refractivity contribution in [3.05, 3.63) is 34.9 Å². The summed E-state index contributed by atoms with van der Waals surface area (Å²) in [6.45, 7) is 4.31. The molecule has 4 heteroatoms. The highest BCUT2D eigenvalue weighted by Crippen LogP contribution is 2.21. The molecule has 0 aliphatic carbocycles. The summed E-state index contributed by atoms with van der Waals surface area (Å²) in [7, 11) is 0. The summed E-state index contributed by atoms with van der Waals surface area (Å²) >= 11 is 0. The number of ether oxygens (including phenoxy) is 1. The average Bonchev–Trinajstić information content (AvgIpc) is 2.84. The summed E-state index contributed by atoms with van der Waals surface area (Å²) in [6, 6.07) is 5.71. The first-order valence-corrected chi connectivity index (χ1v) is 6.36. The van der Waals surface area contributed by atoms with E-state index < -0.39 is 0 Å². The SMILES string of the molecule is CCCN(CCO)C(=O)c1ccc2c(c1)COC2. The Bertz CT molecular complexity index is 425. The van der Waals surface area contributed by atoms with E-state index in [1.54, 1.807) is 4.90 Å². The van der Waals surface area contributed by atoms with Crippen molar-refractivity contribution in [3.63, 3.8) is 0 Å². The van der Waals surface area contributed by atoms with Gasteiger partial charge in [-0.15, -0.1) is 0 Å². The molecule has 0 saturated heterocycles. The van der Waals surface area contributed by atoms with Gasteiger partial charge in [-0.05, 0) is 29.7 Å². The molecule has 0 saturated carbocycles. The van der Waals surface area contributed by atoms with Crippen LogP contribution in [0.1, 0.15) is 34.8 Å². The second kappa shape index (κ2) is 5.98. The molecule has 1 aliphatic heterocycles. The standard InChI is InChI=1S/C14H19NO3/c1-2-5-15(6-7-16)14(17)11-3-4-12-9-18-10-13(12)8-11/h3-4,8,16H,2,5-7,9-10H2,1H3. The molecule has 1 aromatic carbocycles. The van der Waals surface area contributed by atoms with Crippen molar-refractivity contribution in [2.75, 3.05) is 19.7 Å². The molecule has 98 valence electrons. The van der Waals surface area contributed by atoms with Crippen LogP contribution in [0.4, 0.5) is 0 Å². The first kappa shape index (κ1) is 13.1. The summed E-state index contributed by atoms with van der Waals surface area (Å²) in [5, 5.41) is 9.00. The molecule has 18 heavy (non-hydrogen) atoms. The van der Waals surface area contributed by atoms with Gasteiger partial charge in [0.1, 0.15) is 0 Å². The lowest BCUT2D eigenvalue weighted by Gasteiger charge is -2.21. The molecular weight excluding hydrogens is 230 g/mol. The molecule has 0 aromatic heterocycles. The molecule has 0 fully saturated rings. The molecule has 1 N–H and O–H groups in total. The smallest absolute Gasteiger partial charge is 0.253 e. The van der Waals surface area contributed by atoms with Crippen LogP contribution in [0.15, 0.2) is 18.2 Å². The van der Waals surface area contributed by atoms with Crippen molar-refractivity contribution in [3.8, 4) is 0 Å². The Morgan fingerprint density at radius 1 is 1.33 bits per heavy atom. The molecule has 1 heterocycles. The third kappa shape index (κ3) is 2.71. The van der Waals surface area contributed by atoms with E-state index in [1.165, 1.54) is 0 Å². The molecule has 0 unspecified atom stereocenters. The summed E-state index contributed by atoms with van der Waals surface area (Å²) in [5.74, 6) is -0.0133. The van der Waals surface area contributed by atoms with Crippen molar-refractivity contribution in [2.24, 2.45) is 0 Å². The fraction of sp³-hybridized carbons (Fsp3) is 0.500. The van der Waals surface area contributed by atoms with Crippen LogP contribution in [0.5, 0.6) is 0 Å². The number of rotatable bonds is 5. The van der Waals surface area contributed by atoms with Gasteiger partial charge in [0.25, 0.3) is 5.91 Å². The Labute approximate surface area is 107 Å². The van der Waals surface area contributed by atoms with E-state index in [9.17, 15) is 4.79 Å². The largest absolute Gasteiger partial charge is 0.395 e. The summed E-state index contributed by atoms with van der Waals surface area (Å²) in [5.41, 5.74) is 2.94. The van der Waals surface area contributed by atoms with Gasteiger partial charge in [-0.3, -0.25) is 4.79 Å². The van der Waals surface area contributed by atoms with Crippen LogP contribution in [0.2, 0.25) is 0 Å². The highest BCUT2D eigenvalue weighted by molar-refractivity contribution is 5.94. The maximum Gasteiger partial charge on any atom is 0.253 e. The van der Waals surface area contributed by atoms with E-state index in [0.29, 0.717) is 31.9 Å². The first-order chi connectivity index (χ1) is 8.76. The number of carbonyl (C=O) groups excluding carboxylic acids is 1. The number of amides is 1. The Kier molecular flexibility index (Phi) is 4.33. The zero-order chi connectivity index (χ0) is 13.0. The predicted octanol–water partition coefficient (Wildman–Crippen LogP) is 1.56. The minimum Gasteiger partial charge on any atom is -0.395 e. The van der Waals surface area contributed by atoms with Crippen LogP contribution in [0.25, 0.3) is 0 Å². The average molecular weight is 249 g/mol. The van der Waals surface area contributed by atoms with Crippen molar-refractivity contribution < 1.29 is 14.6 Å². The van der Waals surface area contributed by atoms with Gasteiger partial charge < -0.3 is 14.7 Å². The number of hydrogen-bond acceptors (Lipinski definition) is 3. The summed E-state index contributed by atoms with van der Waals surface area (Å²) in [4.78, 5) is 14.0. The normalized spacial score (nSPS) is 13.4. The number of hydrogen-bond donors (Lipinski definition) is 1. The van der Waals surface area contributed by atoms with Crippen LogP contribution in [-0.4, -0.2) is 35.6 Å².